The minimum absolute atomic E-state index is 0.0745. The van der Waals surface area contributed by atoms with E-state index in [0.29, 0.717) is 29.8 Å². The van der Waals surface area contributed by atoms with Crippen LogP contribution in [0.4, 0.5) is 4.79 Å². The van der Waals surface area contributed by atoms with Crippen molar-refractivity contribution in [2.24, 2.45) is 0 Å². The van der Waals surface area contributed by atoms with Gasteiger partial charge in [0, 0.05) is 49.3 Å². The lowest BCUT2D eigenvalue weighted by molar-refractivity contribution is -0.0987. The van der Waals surface area contributed by atoms with Crippen molar-refractivity contribution in [1.82, 2.24) is 20.2 Å². The fraction of sp³-hybridized carbons (Fsp3) is 0.381. The van der Waals surface area contributed by atoms with Crippen LogP contribution >= 0.6 is 23.2 Å². The van der Waals surface area contributed by atoms with Crippen molar-refractivity contribution in [3.63, 3.8) is 0 Å². The minimum Gasteiger partial charge on any atom is -0.350 e. The summed E-state index contributed by atoms with van der Waals surface area (Å²) in [6, 6.07) is 16.0. The van der Waals surface area contributed by atoms with Crippen LogP contribution in [0.2, 0.25) is 10.0 Å². The summed E-state index contributed by atoms with van der Waals surface area (Å²) in [5, 5.41) is 6.25. The number of hydrogen-bond donors (Lipinski definition) is 1. The van der Waals surface area contributed by atoms with Crippen molar-refractivity contribution in [2.75, 3.05) is 45.9 Å². The van der Waals surface area contributed by atoms with Crippen molar-refractivity contribution >= 4 is 29.3 Å². The molecule has 154 valence electrons. The largest absolute Gasteiger partial charge is 0.429 e. The molecule has 2 fully saturated rings. The highest BCUT2D eigenvalue weighted by Crippen LogP contribution is 2.31. The molecule has 2 aliphatic rings. The second-order valence-electron chi connectivity index (χ2n) is 7.25. The van der Waals surface area contributed by atoms with Gasteiger partial charge < -0.3 is 15.1 Å². The van der Waals surface area contributed by atoms with Gasteiger partial charge >= 0.3 is 6.09 Å². The van der Waals surface area contributed by atoms with Crippen LogP contribution in [0.25, 0.3) is 0 Å². The monoisotopic (exact) mass is 434 g/mol. The van der Waals surface area contributed by atoms with Crippen molar-refractivity contribution in [2.45, 2.75) is 6.04 Å². The maximum absolute atomic E-state index is 12.4. The maximum atomic E-state index is 12.4. The zero-order chi connectivity index (χ0) is 20.2. The fourth-order valence-electron chi connectivity index (χ4n) is 3.80. The van der Waals surface area contributed by atoms with Gasteiger partial charge in [-0.3, -0.25) is 4.90 Å². The standard InChI is InChI=1S/C21H24Cl2N4O2/c22-18-5-1-16(2-6-18)20(17-3-7-19(23)8-4-17)25-11-13-26(14-12-25)21(28)29-27-10-9-24-15-27/h1-8,20,24H,9-15H2. The van der Waals surface area contributed by atoms with Crippen LogP contribution < -0.4 is 5.32 Å². The molecule has 2 aromatic rings. The Morgan fingerprint density at radius 3 is 1.90 bits per heavy atom. The van der Waals surface area contributed by atoms with Crippen LogP contribution in [0, 0.1) is 0 Å². The zero-order valence-electron chi connectivity index (χ0n) is 16.1. The van der Waals surface area contributed by atoms with Crippen molar-refractivity contribution in [3.05, 3.63) is 69.7 Å². The molecule has 0 atom stereocenters. The third-order valence-electron chi connectivity index (χ3n) is 5.34. The molecule has 1 amide bonds. The molecule has 0 radical (unpaired) electrons. The van der Waals surface area contributed by atoms with E-state index >= 15 is 0 Å². The maximum Gasteiger partial charge on any atom is 0.429 e. The normalized spacial score (nSPS) is 18.4. The SMILES string of the molecule is O=C(ON1CCNC1)N1CCN(C(c2ccc(Cl)cc2)c2ccc(Cl)cc2)CC1. The Balaban J connectivity index is 1.46. The molecular weight excluding hydrogens is 411 g/mol. The third kappa shape index (κ3) is 5.02. The highest BCUT2D eigenvalue weighted by molar-refractivity contribution is 6.30. The fourth-order valence-corrected chi connectivity index (χ4v) is 4.05. The van der Waals surface area contributed by atoms with Gasteiger partial charge in [0.1, 0.15) is 0 Å². The van der Waals surface area contributed by atoms with E-state index < -0.39 is 0 Å². The predicted octanol–water partition coefficient (Wildman–Crippen LogP) is 3.61. The first-order chi connectivity index (χ1) is 14.1. The average molecular weight is 435 g/mol. The smallest absolute Gasteiger partial charge is 0.350 e. The first-order valence-corrected chi connectivity index (χ1v) is 10.5. The number of carbonyl (C=O) groups is 1. The summed E-state index contributed by atoms with van der Waals surface area (Å²) >= 11 is 12.2. The lowest BCUT2D eigenvalue weighted by Gasteiger charge is -2.39. The number of amides is 1. The molecule has 2 heterocycles. The number of hydroxylamine groups is 2. The van der Waals surface area contributed by atoms with Gasteiger partial charge in [0.25, 0.3) is 0 Å². The Hall–Kier alpha value is -1.83. The summed E-state index contributed by atoms with van der Waals surface area (Å²) < 4.78 is 0. The van der Waals surface area contributed by atoms with Gasteiger partial charge in [-0.05, 0) is 35.4 Å². The number of rotatable bonds is 4. The van der Waals surface area contributed by atoms with Gasteiger partial charge in [0.2, 0.25) is 0 Å². The molecule has 1 N–H and O–H groups in total. The van der Waals surface area contributed by atoms with Crippen molar-refractivity contribution in [3.8, 4) is 0 Å². The summed E-state index contributed by atoms with van der Waals surface area (Å²) in [5.41, 5.74) is 2.33. The van der Waals surface area contributed by atoms with E-state index in [1.165, 1.54) is 0 Å². The summed E-state index contributed by atoms with van der Waals surface area (Å²) in [6.07, 6.45) is -0.275. The Morgan fingerprint density at radius 2 is 1.41 bits per heavy atom. The van der Waals surface area contributed by atoms with Crippen LogP contribution in [0.5, 0.6) is 0 Å². The number of halogens is 2. The molecule has 0 saturated carbocycles. The number of carbonyl (C=O) groups excluding carboxylic acids is 1. The third-order valence-corrected chi connectivity index (χ3v) is 5.85. The van der Waals surface area contributed by atoms with Crippen molar-refractivity contribution in [1.29, 1.82) is 0 Å². The van der Waals surface area contributed by atoms with Gasteiger partial charge in [-0.25, -0.2) is 4.79 Å². The van der Waals surface area contributed by atoms with Gasteiger partial charge in [-0.15, -0.1) is 5.06 Å². The number of piperazine rings is 1. The van der Waals surface area contributed by atoms with E-state index in [9.17, 15) is 4.79 Å². The topological polar surface area (TPSA) is 48.1 Å². The first kappa shape index (κ1) is 20.4. The van der Waals surface area contributed by atoms with Crippen molar-refractivity contribution < 1.29 is 9.63 Å². The van der Waals surface area contributed by atoms with Crippen LogP contribution in [0.3, 0.4) is 0 Å². The lowest BCUT2D eigenvalue weighted by atomic mass is 9.96. The number of nitrogens with zero attached hydrogens (tertiary/aromatic N) is 3. The zero-order valence-corrected chi connectivity index (χ0v) is 17.6. The summed E-state index contributed by atoms with van der Waals surface area (Å²) in [6.45, 7) is 4.90. The van der Waals surface area contributed by atoms with Crippen LogP contribution in [0.1, 0.15) is 17.2 Å². The molecule has 6 nitrogen and oxygen atoms in total. The summed E-state index contributed by atoms with van der Waals surface area (Å²) in [5.74, 6) is 0. The summed E-state index contributed by atoms with van der Waals surface area (Å²) in [4.78, 5) is 22.0. The number of hydrogen-bond acceptors (Lipinski definition) is 5. The Kier molecular flexibility index (Phi) is 6.57. The van der Waals surface area contributed by atoms with E-state index in [1.54, 1.807) is 9.96 Å². The molecule has 4 rings (SSSR count). The van der Waals surface area contributed by atoms with Crippen LogP contribution in [-0.2, 0) is 4.84 Å². The quantitative estimate of drug-likeness (QED) is 0.795. The van der Waals surface area contributed by atoms with E-state index in [0.717, 1.165) is 37.3 Å². The van der Waals surface area contributed by atoms with E-state index in [4.69, 9.17) is 28.0 Å². The molecule has 0 aromatic heterocycles. The Labute approximate surface area is 180 Å². The van der Waals surface area contributed by atoms with Gasteiger partial charge in [-0.1, -0.05) is 47.5 Å². The Bertz CT molecular complexity index is 772. The second-order valence-corrected chi connectivity index (χ2v) is 8.12. The molecule has 8 heteroatoms. The van der Waals surface area contributed by atoms with E-state index in [1.807, 2.05) is 24.3 Å². The minimum atomic E-state index is -0.275. The molecule has 0 aliphatic carbocycles. The molecule has 2 saturated heterocycles. The number of nitrogens with one attached hydrogen (secondary N) is 1. The molecule has 0 spiro atoms. The number of benzene rings is 2. The van der Waals surface area contributed by atoms with Gasteiger partial charge in [0.15, 0.2) is 0 Å². The highest BCUT2D eigenvalue weighted by atomic mass is 35.5. The summed E-state index contributed by atoms with van der Waals surface area (Å²) in [7, 11) is 0. The molecule has 0 unspecified atom stereocenters. The Morgan fingerprint density at radius 1 is 0.862 bits per heavy atom. The van der Waals surface area contributed by atoms with Crippen LogP contribution in [-0.4, -0.2) is 66.9 Å². The highest BCUT2D eigenvalue weighted by Gasteiger charge is 2.30. The molecule has 0 bridgehead atoms. The van der Waals surface area contributed by atoms with E-state index in [-0.39, 0.29) is 12.1 Å². The van der Waals surface area contributed by atoms with Gasteiger partial charge in [-0.2, -0.15) is 0 Å². The predicted molar refractivity (Wildman–Crippen MR) is 114 cm³/mol. The average Bonchev–Trinajstić information content (AvgIpc) is 3.24. The molecule has 2 aromatic carbocycles. The second kappa shape index (κ2) is 9.32. The van der Waals surface area contributed by atoms with Gasteiger partial charge in [0.05, 0.1) is 12.7 Å². The molecule has 2 aliphatic heterocycles. The molecule has 29 heavy (non-hydrogen) atoms. The van der Waals surface area contributed by atoms with Crippen LogP contribution in [0.15, 0.2) is 48.5 Å². The molecular formula is C21H24Cl2N4O2. The lowest BCUT2D eigenvalue weighted by Crippen LogP contribution is -2.51. The van der Waals surface area contributed by atoms with E-state index in [2.05, 4.69) is 34.5 Å². The first-order valence-electron chi connectivity index (χ1n) is 9.78.